The summed E-state index contributed by atoms with van der Waals surface area (Å²) in [5.41, 5.74) is 0.0467. The molecule has 0 spiro atoms. The second kappa shape index (κ2) is 8.46. The Hall–Kier alpha value is -3.49. The predicted molar refractivity (Wildman–Crippen MR) is 116 cm³/mol. The lowest BCUT2D eigenvalue weighted by molar-refractivity contribution is -0.137. The van der Waals surface area contributed by atoms with Crippen molar-refractivity contribution in [3.05, 3.63) is 70.3 Å². The number of fused-ring (bicyclic) bond motifs is 1. The Bertz CT molecular complexity index is 1490. The number of thiazole rings is 1. The number of pyridine rings is 1. The van der Waals surface area contributed by atoms with Gasteiger partial charge in [0.25, 0.3) is 0 Å². The van der Waals surface area contributed by atoms with E-state index in [-0.39, 0.29) is 33.0 Å². The van der Waals surface area contributed by atoms with Crippen LogP contribution in [-0.4, -0.2) is 25.5 Å². The van der Waals surface area contributed by atoms with E-state index in [9.17, 15) is 26.9 Å². The van der Waals surface area contributed by atoms with E-state index in [0.29, 0.717) is 16.0 Å². The highest BCUT2D eigenvalue weighted by Gasteiger charge is 2.32. The van der Waals surface area contributed by atoms with Crippen molar-refractivity contribution >= 4 is 32.1 Å². The SMILES string of the molecule is COc1cc(C(F)(F)F)ccc1-c1c(C#N)cnc2cc(S(=O)(=O)Cc3nccs3)ccc12. The molecule has 0 radical (unpaired) electrons. The van der Waals surface area contributed by atoms with Crippen molar-refractivity contribution in [2.24, 2.45) is 0 Å². The summed E-state index contributed by atoms with van der Waals surface area (Å²) in [6.45, 7) is 0. The van der Waals surface area contributed by atoms with Crippen LogP contribution in [0.5, 0.6) is 5.75 Å². The quantitative estimate of drug-likeness (QED) is 0.381. The summed E-state index contributed by atoms with van der Waals surface area (Å²) in [5, 5.41) is 12.1. The molecule has 0 aliphatic carbocycles. The van der Waals surface area contributed by atoms with Crippen molar-refractivity contribution in [2.45, 2.75) is 16.8 Å². The second-order valence-electron chi connectivity index (χ2n) is 6.94. The van der Waals surface area contributed by atoms with Gasteiger partial charge in [-0.2, -0.15) is 18.4 Å². The van der Waals surface area contributed by atoms with Crippen LogP contribution in [0.15, 0.2) is 59.1 Å². The molecule has 0 aliphatic heterocycles. The molecule has 4 aromatic rings. The fourth-order valence-corrected chi connectivity index (χ4v) is 5.66. The number of hydrogen-bond donors (Lipinski definition) is 0. The summed E-state index contributed by atoms with van der Waals surface area (Å²) < 4.78 is 70.3. The number of hydrogen-bond acceptors (Lipinski definition) is 7. The van der Waals surface area contributed by atoms with Crippen LogP contribution < -0.4 is 4.74 Å². The van der Waals surface area contributed by atoms with E-state index in [1.165, 1.54) is 55.1 Å². The molecule has 6 nitrogen and oxygen atoms in total. The molecule has 0 aliphatic rings. The third-order valence-corrected chi connectivity index (χ3v) is 7.50. The van der Waals surface area contributed by atoms with Gasteiger partial charge in [-0.05, 0) is 30.3 Å². The van der Waals surface area contributed by atoms with E-state index in [1.807, 2.05) is 6.07 Å². The van der Waals surface area contributed by atoms with Gasteiger partial charge in [0.2, 0.25) is 0 Å². The van der Waals surface area contributed by atoms with Gasteiger partial charge in [-0.3, -0.25) is 4.98 Å². The highest BCUT2D eigenvalue weighted by atomic mass is 32.2. The summed E-state index contributed by atoms with van der Waals surface area (Å²) in [5.74, 6) is -0.347. The summed E-state index contributed by atoms with van der Waals surface area (Å²) in [6.07, 6.45) is -1.79. The molecule has 4 rings (SSSR count). The van der Waals surface area contributed by atoms with E-state index in [4.69, 9.17) is 4.74 Å². The van der Waals surface area contributed by atoms with Crippen LogP contribution in [0, 0.1) is 11.3 Å². The lowest BCUT2D eigenvalue weighted by Crippen LogP contribution is -2.06. The maximum absolute atomic E-state index is 13.1. The molecule has 168 valence electrons. The molecule has 0 amide bonds. The number of sulfone groups is 1. The third-order valence-electron chi connectivity index (χ3n) is 4.92. The molecular weight excluding hydrogens is 475 g/mol. The smallest absolute Gasteiger partial charge is 0.416 e. The first-order valence-electron chi connectivity index (χ1n) is 9.33. The first kappa shape index (κ1) is 22.7. The van der Waals surface area contributed by atoms with Crippen LogP contribution in [0.3, 0.4) is 0 Å². The van der Waals surface area contributed by atoms with Crippen LogP contribution in [0.2, 0.25) is 0 Å². The van der Waals surface area contributed by atoms with E-state index >= 15 is 0 Å². The highest BCUT2D eigenvalue weighted by molar-refractivity contribution is 7.90. The monoisotopic (exact) mass is 489 g/mol. The van der Waals surface area contributed by atoms with Gasteiger partial charge in [0.05, 0.1) is 28.6 Å². The Morgan fingerprint density at radius 2 is 1.94 bits per heavy atom. The molecule has 0 saturated carbocycles. The number of alkyl halides is 3. The fourth-order valence-electron chi connectivity index (χ4n) is 3.39. The van der Waals surface area contributed by atoms with Crippen molar-refractivity contribution in [2.75, 3.05) is 7.11 Å². The van der Waals surface area contributed by atoms with Crippen molar-refractivity contribution < 1.29 is 26.3 Å². The van der Waals surface area contributed by atoms with E-state index in [2.05, 4.69) is 9.97 Å². The Balaban J connectivity index is 1.88. The molecule has 0 fully saturated rings. The van der Waals surface area contributed by atoms with Crippen LogP contribution in [0.25, 0.3) is 22.0 Å². The topological polar surface area (TPSA) is 92.9 Å². The van der Waals surface area contributed by atoms with E-state index in [1.54, 1.807) is 5.38 Å². The standard InChI is InChI=1S/C22H14F3N3O3S2/c1-31-19-8-14(22(23,24)25)2-4-17(19)21-13(10-26)11-28-18-9-15(3-5-16(18)21)33(29,30)12-20-27-6-7-32-20/h2-9,11H,12H2,1H3. The molecule has 2 aromatic heterocycles. The van der Waals surface area contributed by atoms with Crippen molar-refractivity contribution in [1.29, 1.82) is 5.26 Å². The maximum atomic E-state index is 13.1. The molecule has 0 N–H and O–H groups in total. The fraction of sp³-hybridized carbons (Fsp3) is 0.136. The molecule has 2 heterocycles. The van der Waals surface area contributed by atoms with Gasteiger partial charge in [-0.15, -0.1) is 11.3 Å². The molecule has 0 saturated heterocycles. The highest BCUT2D eigenvalue weighted by Crippen LogP contribution is 2.41. The van der Waals surface area contributed by atoms with Gasteiger partial charge in [0, 0.05) is 34.3 Å². The number of ether oxygens (including phenoxy) is 1. The van der Waals surface area contributed by atoms with Crippen LogP contribution >= 0.6 is 11.3 Å². The summed E-state index contributed by atoms with van der Waals surface area (Å²) in [6, 6.07) is 9.22. The van der Waals surface area contributed by atoms with Crippen LogP contribution in [0.1, 0.15) is 16.1 Å². The van der Waals surface area contributed by atoms with E-state index < -0.39 is 21.6 Å². The number of halogens is 3. The van der Waals surface area contributed by atoms with Gasteiger partial charge in [-0.25, -0.2) is 13.4 Å². The van der Waals surface area contributed by atoms with Crippen LogP contribution in [0.4, 0.5) is 13.2 Å². The Kier molecular flexibility index (Phi) is 5.82. The van der Waals surface area contributed by atoms with Gasteiger partial charge in [0.1, 0.15) is 22.6 Å². The average Bonchev–Trinajstić information content (AvgIpc) is 3.29. The minimum absolute atomic E-state index is 0.0211. The van der Waals surface area contributed by atoms with Crippen molar-refractivity contribution in [3.63, 3.8) is 0 Å². The zero-order valence-corrected chi connectivity index (χ0v) is 18.6. The number of aromatic nitrogens is 2. The van der Waals surface area contributed by atoms with Gasteiger partial charge in [-0.1, -0.05) is 6.07 Å². The van der Waals surface area contributed by atoms with E-state index in [0.717, 1.165) is 12.1 Å². The number of benzene rings is 2. The van der Waals surface area contributed by atoms with Crippen molar-refractivity contribution in [3.8, 4) is 22.9 Å². The number of nitrogens with zero attached hydrogens (tertiary/aromatic N) is 3. The third kappa shape index (κ3) is 4.40. The normalized spacial score (nSPS) is 12.0. The number of rotatable bonds is 5. The minimum atomic E-state index is -4.56. The largest absolute Gasteiger partial charge is 0.496 e. The summed E-state index contributed by atoms with van der Waals surface area (Å²) in [7, 11) is -2.48. The first-order chi connectivity index (χ1) is 15.6. The average molecular weight is 490 g/mol. The van der Waals surface area contributed by atoms with Gasteiger partial charge in [0.15, 0.2) is 9.84 Å². The Labute approximate surface area is 190 Å². The van der Waals surface area contributed by atoms with Crippen LogP contribution in [-0.2, 0) is 21.8 Å². The molecule has 0 bridgehead atoms. The lowest BCUT2D eigenvalue weighted by atomic mass is 9.95. The Morgan fingerprint density at radius 1 is 1.15 bits per heavy atom. The maximum Gasteiger partial charge on any atom is 0.416 e. The zero-order valence-electron chi connectivity index (χ0n) is 16.9. The predicted octanol–water partition coefficient (Wildman–Crippen LogP) is 5.23. The van der Waals surface area contributed by atoms with Gasteiger partial charge >= 0.3 is 6.18 Å². The van der Waals surface area contributed by atoms with Gasteiger partial charge < -0.3 is 4.74 Å². The molecule has 0 atom stereocenters. The molecule has 33 heavy (non-hydrogen) atoms. The minimum Gasteiger partial charge on any atom is -0.496 e. The molecule has 0 unspecified atom stereocenters. The zero-order chi connectivity index (χ0) is 23.8. The molecule has 2 aromatic carbocycles. The second-order valence-corrected chi connectivity index (χ2v) is 9.90. The number of methoxy groups -OCH3 is 1. The molecule has 11 heteroatoms. The summed E-state index contributed by atoms with van der Waals surface area (Å²) in [4.78, 5) is 8.22. The Morgan fingerprint density at radius 3 is 2.58 bits per heavy atom. The van der Waals surface area contributed by atoms with Crippen molar-refractivity contribution in [1.82, 2.24) is 9.97 Å². The lowest BCUT2D eigenvalue weighted by Gasteiger charge is -2.15. The number of nitriles is 1. The first-order valence-corrected chi connectivity index (χ1v) is 11.9. The molecular formula is C22H14F3N3O3S2. The summed E-state index contributed by atoms with van der Waals surface area (Å²) >= 11 is 1.22.